The second kappa shape index (κ2) is 3.46. The highest BCUT2D eigenvalue weighted by molar-refractivity contribution is 7.89. The Hall–Kier alpha value is -0.660. The molecular weight excluding hydrogens is 260 g/mol. The van der Waals surface area contributed by atoms with Crippen molar-refractivity contribution in [2.75, 3.05) is 7.11 Å². The Morgan fingerprint density at radius 3 is 2.67 bits per heavy atom. The molecule has 0 aromatic rings. The summed E-state index contributed by atoms with van der Waals surface area (Å²) >= 11 is 0. The lowest BCUT2D eigenvalue weighted by Gasteiger charge is -2.29. The summed E-state index contributed by atoms with van der Waals surface area (Å²) < 4.78 is 38.2. The van der Waals surface area contributed by atoms with Crippen LogP contribution in [0.1, 0.15) is 20.3 Å². The Balaban J connectivity index is 2.09. The number of esters is 1. The lowest BCUT2D eigenvalue weighted by atomic mass is 9.74. The standard InChI is InChI=1S/C11H16O6S/c1-5(2)7-6-4-11(10(12)15-3)9(16-6)8(7)17-18(11,13)14/h5-9H,4H2,1-3H3. The maximum absolute atomic E-state index is 12.2. The van der Waals surface area contributed by atoms with Crippen LogP contribution in [0, 0.1) is 11.8 Å². The zero-order valence-corrected chi connectivity index (χ0v) is 11.3. The molecule has 6 nitrogen and oxygen atoms in total. The predicted molar refractivity (Wildman–Crippen MR) is 60.1 cm³/mol. The molecule has 0 radical (unpaired) electrons. The Morgan fingerprint density at radius 2 is 2.11 bits per heavy atom. The molecule has 0 spiro atoms. The first-order chi connectivity index (χ1) is 8.35. The van der Waals surface area contributed by atoms with Crippen molar-refractivity contribution < 1.29 is 26.9 Å². The summed E-state index contributed by atoms with van der Waals surface area (Å²) in [6.45, 7) is 4.01. The van der Waals surface area contributed by atoms with E-state index in [-0.39, 0.29) is 24.4 Å². The molecule has 102 valence electrons. The van der Waals surface area contributed by atoms with Gasteiger partial charge in [-0.15, -0.1) is 0 Å². The van der Waals surface area contributed by atoms with Crippen molar-refractivity contribution in [3.05, 3.63) is 0 Å². The number of ether oxygens (including phenoxy) is 2. The minimum atomic E-state index is -3.97. The molecule has 5 atom stereocenters. The van der Waals surface area contributed by atoms with Crippen LogP contribution in [0.5, 0.6) is 0 Å². The van der Waals surface area contributed by atoms with E-state index in [0.29, 0.717) is 0 Å². The highest BCUT2D eigenvalue weighted by Gasteiger charge is 2.78. The van der Waals surface area contributed by atoms with Gasteiger partial charge in [0.05, 0.1) is 13.2 Å². The molecule has 3 fully saturated rings. The third-order valence-corrected chi connectivity index (χ3v) is 6.31. The van der Waals surface area contributed by atoms with E-state index >= 15 is 0 Å². The highest BCUT2D eigenvalue weighted by Crippen LogP contribution is 2.58. The first-order valence-corrected chi connectivity index (χ1v) is 7.42. The number of methoxy groups -OCH3 is 1. The van der Waals surface area contributed by atoms with E-state index in [0.717, 1.165) is 0 Å². The number of carbonyl (C=O) groups is 1. The monoisotopic (exact) mass is 276 g/mol. The van der Waals surface area contributed by atoms with Gasteiger partial charge in [0.2, 0.25) is 4.75 Å². The summed E-state index contributed by atoms with van der Waals surface area (Å²) in [5, 5.41) is 0. The first-order valence-electron chi connectivity index (χ1n) is 6.02. The summed E-state index contributed by atoms with van der Waals surface area (Å²) in [4.78, 5) is 11.9. The normalized spacial score (nSPS) is 47.8. The molecule has 2 bridgehead atoms. The van der Waals surface area contributed by atoms with Gasteiger partial charge in [0.25, 0.3) is 10.1 Å². The van der Waals surface area contributed by atoms with Gasteiger partial charge in [-0.2, -0.15) is 8.42 Å². The quantitative estimate of drug-likeness (QED) is 0.524. The Bertz CT molecular complexity index is 498. The SMILES string of the molecule is COC(=O)C12CC3OC1C(OS2(=O)=O)C3C(C)C. The van der Waals surface area contributed by atoms with E-state index in [2.05, 4.69) is 4.74 Å². The minimum Gasteiger partial charge on any atom is -0.468 e. The molecule has 0 saturated carbocycles. The summed E-state index contributed by atoms with van der Waals surface area (Å²) in [5.74, 6) is -0.501. The lowest BCUT2D eigenvalue weighted by Crippen LogP contribution is -2.53. The van der Waals surface area contributed by atoms with Crippen LogP contribution >= 0.6 is 0 Å². The van der Waals surface area contributed by atoms with Crippen LogP contribution < -0.4 is 0 Å². The van der Waals surface area contributed by atoms with Gasteiger partial charge >= 0.3 is 5.97 Å². The third kappa shape index (κ3) is 1.15. The molecule has 0 aromatic carbocycles. The molecule has 0 N–H and O–H groups in total. The zero-order valence-electron chi connectivity index (χ0n) is 10.5. The Labute approximate surface area is 106 Å². The number of carbonyl (C=O) groups excluding carboxylic acids is 1. The van der Waals surface area contributed by atoms with Crippen molar-refractivity contribution in [1.82, 2.24) is 0 Å². The topological polar surface area (TPSA) is 78.9 Å². The molecule has 5 unspecified atom stereocenters. The predicted octanol–water partition coefficient (Wildman–Crippen LogP) is 0.0701. The molecule has 0 amide bonds. The van der Waals surface area contributed by atoms with Gasteiger partial charge in [-0.3, -0.25) is 8.98 Å². The van der Waals surface area contributed by atoms with Crippen LogP contribution in [0.3, 0.4) is 0 Å². The first kappa shape index (κ1) is 12.4. The van der Waals surface area contributed by atoms with Crippen LogP contribution in [-0.2, 0) is 28.6 Å². The molecule has 18 heavy (non-hydrogen) atoms. The molecule has 3 aliphatic rings. The molecule has 0 aromatic heterocycles. The van der Waals surface area contributed by atoms with Crippen LogP contribution in [-0.4, -0.2) is 44.6 Å². The minimum absolute atomic E-state index is 0.0186. The van der Waals surface area contributed by atoms with E-state index in [4.69, 9.17) is 8.92 Å². The number of hydrogen-bond acceptors (Lipinski definition) is 6. The van der Waals surface area contributed by atoms with Crippen molar-refractivity contribution in [1.29, 1.82) is 0 Å². The summed E-state index contributed by atoms with van der Waals surface area (Å²) in [6, 6.07) is 0. The fraction of sp³-hybridized carbons (Fsp3) is 0.909. The summed E-state index contributed by atoms with van der Waals surface area (Å²) in [7, 11) is -2.78. The van der Waals surface area contributed by atoms with Gasteiger partial charge in [-0.1, -0.05) is 13.8 Å². The van der Waals surface area contributed by atoms with Crippen molar-refractivity contribution in [2.24, 2.45) is 11.8 Å². The lowest BCUT2D eigenvalue weighted by molar-refractivity contribution is -0.145. The fourth-order valence-corrected chi connectivity index (χ4v) is 5.44. The zero-order chi connectivity index (χ0) is 13.3. The Morgan fingerprint density at radius 1 is 1.44 bits per heavy atom. The van der Waals surface area contributed by atoms with Gasteiger partial charge in [0, 0.05) is 12.3 Å². The highest BCUT2D eigenvalue weighted by atomic mass is 32.2. The number of fused-ring (bicyclic) bond motifs is 1. The average Bonchev–Trinajstić information content (AvgIpc) is 2.85. The maximum atomic E-state index is 12.2. The Kier molecular flexibility index (Phi) is 2.38. The van der Waals surface area contributed by atoms with Gasteiger partial charge < -0.3 is 9.47 Å². The summed E-state index contributed by atoms with van der Waals surface area (Å²) in [6.07, 6.45) is -1.36. The van der Waals surface area contributed by atoms with Gasteiger partial charge in [-0.05, 0) is 5.92 Å². The number of rotatable bonds is 2. The van der Waals surface area contributed by atoms with E-state index in [9.17, 15) is 13.2 Å². The van der Waals surface area contributed by atoms with E-state index in [1.165, 1.54) is 7.11 Å². The van der Waals surface area contributed by atoms with Gasteiger partial charge in [0.1, 0.15) is 12.2 Å². The van der Waals surface area contributed by atoms with Gasteiger partial charge in [0.15, 0.2) is 0 Å². The number of hydrogen-bond donors (Lipinski definition) is 0. The van der Waals surface area contributed by atoms with E-state index in [1.807, 2.05) is 13.8 Å². The second-order valence-electron chi connectivity index (χ2n) is 5.52. The van der Waals surface area contributed by atoms with E-state index < -0.39 is 33.0 Å². The van der Waals surface area contributed by atoms with E-state index in [1.54, 1.807) is 0 Å². The van der Waals surface area contributed by atoms with Crippen molar-refractivity contribution in [2.45, 2.75) is 43.3 Å². The molecule has 3 heterocycles. The van der Waals surface area contributed by atoms with Gasteiger partial charge in [-0.25, -0.2) is 0 Å². The molecule has 7 heteroatoms. The summed E-state index contributed by atoms with van der Waals surface area (Å²) in [5.41, 5.74) is 0. The van der Waals surface area contributed by atoms with Crippen LogP contribution in [0.4, 0.5) is 0 Å². The fourth-order valence-electron chi connectivity index (χ4n) is 3.62. The molecular formula is C11H16O6S. The molecule has 3 saturated heterocycles. The molecule has 3 aliphatic heterocycles. The maximum Gasteiger partial charge on any atom is 0.332 e. The van der Waals surface area contributed by atoms with Crippen molar-refractivity contribution >= 4 is 16.1 Å². The molecule has 0 aliphatic carbocycles. The second-order valence-corrected chi connectivity index (χ2v) is 7.35. The third-order valence-electron chi connectivity index (χ3n) is 4.38. The van der Waals surface area contributed by atoms with Crippen LogP contribution in [0.15, 0.2) is 0 Å². The van der Waals surface area contributed by atoms with Crippen LogP contribution in [0.2, 0.25) is 0 Å². The molecule has 3 rings (SSSR count). The smallest absolute Gasteiger partial charge is 0.332 e. The van der Waals surface area contributed by atoms with Crippen LogP contribution in [0.25, 0.3) is 0 Å². The van der Waals surface area contributed by atoms with Crippen molar-refractivity contribution in [3.63, 3.8) is 0 Å². The largest absolute Gasteiger partial charge is 0.468 e. The average molecular weight is 276 g/mol. The van der Waals surface area contributed by atoms with Crippen molar-refractivity contribution in [3.8, 4) is 0 Å².